The lowest BCUT2D eigenvalue weighted by Gasteiger charge is -2.32. The van der Waals surface area contributed by atoms with E-state index in [0.29, 0.717) is 41.8 Å². The van der Waals surface area contributed by atoms with E-state index in [1.165, 1.54) is 5.56 Å². The van der Waals surface area contributed by atoms with Crippen LogP contribution in [0.3, 0.4) is 0 Å². The van der Waals surface area contributed by atoms with Gasteiger partial charge in [0.15, 0.2) is 0 Å². The second-order valence-corrected chi connectivity index (χ2v) is 7.63. The highest BCUT2D eigenvalue weighted by Gasteiger charge is 2.31. The summed E-state index contributed by atoms with van der Waals surface area (Å²) in [7, 11) is 0. The number of hydrogen-bond acceptors (Lipinski definition) is 4. The number of pyridine rings is 1. The van der Waals surface area contributed by atoms with Crippen molar-refractivity contribution in [3.05, 3.63) is 71.5 Å². The molecule has 150 valence electrons. The maximum Gasteiger partial charge on any atom is 0.258 e. The van der Waals surface area contributed by atoms with E-state index in [1.807, 2.05) is 29.3 Å². The van der Waals surface area contributed by atoms with E-state index in [4.69, 9.17) is 4.42 Å². The molecule has 0 radical (unpaired) electrons. The Morgan fingerprint density at radius 1 is 1.27 bits per heavy atom. The summed E-state index contributed by atoms with van der Waals surface area (Å²) in [6.07, 6.45) is 9.17. The molecule has 0 aromatic carbocycles. The fourth-order valence-corrected chi connectivity index (χ4v) is 4.41. The van der Waals surface area contributed by atoms with Crippen LogP contribution in [0.2, 0.25) is 0 Å². The Balaban J connectivity index is 1.37. The maximum atomic E-state index is 13.3. The van der Waals surface area contributed by atoms with Crippen LogP contribution in [0.15, 0.2) is 53.5 Å². The SMILES string of the molecule is Cc1oc(-n2cccc2)c(C#N)c1C(=O)N1CCC(c2c[nH]c3ncccc23)CC1. The summed E-state index contributed by atoms with van der Waals surface area (Å²) in [5.74, 6) is 1.11. The number of rotatable bonds is 3. The highest BCUT2D eigenvalue weighted by atomic mass is 16.4. The molecule has 1 fully saturated rings. The number of carbonyl (C=O) groups excluding carboxylic acids is 1. The summed E-state index contributed by atoms with van der Waals surface area (Å²) in [5.41, 5.74) is 2.82. The zero-order valence-electron chi connectivity index (χ0n) is 16.6. The van der Waals surface area contributed by atoms with E-state index >= 15 is 0 Å². The van der Waals surface area contributed by atoms with Gasteiger partial charge in [-0.1, -0.05) is 0 Å². The molecule has 0 unspecified atom stereocenters. The molecule has 0 bridgehead atoms. The number of piperidine rings is 1. The van der Waals surface area contributed by atoms with Crippen LogP contribution >= 0.6 is 0 Å². The van der Waals surface area contributed by atoms with Gasteiger partial charge in [0.25, 0.3) is 5.91 Å². The molecule has 7 heteroatoms. The molecule has 5 rings (SSSR count). The summed E-state index contributed by atoms with van der Waals surface area (Å²) >= 11 is 0. The number of amides is 1. The van der Waals surface area contributed by atoms with Crippen molar-refractivity contribution in [1.82, 2.24) is 19.4 Å². The minimum atomic E-state index is -0.134. The average molecular weight is 399 g/mol. The number of nitriles is 1. The van der Waals surface area contributed by atoms with Crippen LogP contribution in [0.25, 0.3) is 16.9 Å². The van der Waals surface area contributed by atoms with E-state index in [1.54, 1.807) is 30.1 Å². The Kier molecular flexibility index (Phi) is 4.40. The molecule has 4 aromatic heterocycles. The van der Waals surface area contributed by atoms with E-state index < -0.39 is 0 Å². The van der Waals surface area contributed by atoms with Crippen molar-refractivity contribution >= 4 is 16.9 Å². The van der Waals surface area contributed by atoms with E-state index in [2.05, 4.69) is 22.1 Å². The number of aromatic amines is 1. The van der Waals surface area contributed by atoms with Crippen LogP contribution in [-0.4, -0.2) is 38.4 Å². The third-order valence-electron chi connectivity index (χ3n) is 5.94. The van der Waals surface area contributed by atoms with E-state index in [9.17, 15) is 10.1 Å². The monoisotopic (exact) mass is 399 g/mol. The van der Waals surface area contributed by atoms with Gasteiger partial charge in [-0.05, 0) is 55.5 Å². The molecule has 1 N–H and O–H groups in total. The second kappa shape index (κ2) is 7.23. The third kappa shape index (κ3) is 2.89. The number of aryl methyl sites for hydroxylation is 1. The number of carbonyl (C=O) groups is 1. The van der Waals surface area contributed by atoms with Crippen LogP contribution in [0.5, 0.6) is 0 Å². The molecule has 1 aliphatic rings. The fourth-order valence-electron chi connectivity index (χ4n) is 4.41. The Morgan fingerprint density at radius 3 is 2.77 bits per heavy atom. The van der Waals surface area contributed by atoms with Gasteiger partial charge in [0.1, 0.15) is 28.6 Å². The summed E-state index contributed by atoms with van der Waals surface area (Å²) in [5, 5.41) is 10.9. The first-order valence-corrected chi connectivity index (χ1v) is 10.1. The van der Waals surface area contributed by atoms with Crippen molar-refractivity contribution < 1.29 is 9.21 Å². The van der Waals surface area contributed by atoms with Gasteiger partial charge in [0.2, 0.25) is 5.88 Å². The van der Waals surface area contributed by atoms with Gasteiger partial charge < -0.3 is 14.3 Å². The van der Waals surface area contributed by atoms with Crippen LogP contribution in [0.1, 0.15) is 46.0 Å². The normalized spacial score (nSPS) is 14.9. The molecule has 0 aliphatic carbocycles. The Labute approximate surface area is 173 Å². The molecular formula is C23H21N5O2. The Morgan fingerprint density at radius 2 is 2.03 bits per heavy atom. The fraction of sp³-hybridized carbons (Fsp3) is 0.261. The first-order chi connectivity index (χ1) is 14.7. The lowest BCUT2D eigenvalue weighted by molar-refractivity contribution is 0.0711. The largest absolute Gasteiger partial charge is 0.443 e. The van der Waals surface area contributed by atoms with Crippen LogP contribution in [-0.2, 0) is 0 Å². The lowest BCUT2D eigenvalue weighted by atomic mass is 9.89. The van der Waals surface area contributed by atoms with Crippen molar-refractivity contribution in [3.63, 3.8) is 0 Å². The molecule has 1 amide bonds. The van der Waals surface area contributed by atoms with Gasteiger partial charge in [0, 0.05) is 43.3 Å². The van der Waals surface area contributed by atoms with Gasteiger partial charge in [-0.2, -0.15) is 5.26 Å². The zero-order chi connectivity index (χ0) is 20.7. The highest BCUT2D eigenvalue weighted by Crippen LogP contribution is 2.34. The standard InChI is InChI=1S/C23H21N5O2/c1-15-20(18(13-24)23(30-15)28-9-2-3-10-28)22(29)27-11-6-16(7-12-27)19-14-26-21-17(19)5-4-8-25-21/h2-5,8-10,14,16H,6-7,11-12H2,1H3,(H,25,26). The van der Waals surface area contributed by atoms with Crippen molar-refractivity contribution in [2.24, 2.45) is 0 Å². The Hall–Kier alpha value is -3.79. The summed E-state index contributed by atoms with van der Waals surface area (Å²) in [4.78, 5) is 22.7. The molecule has 0 atom stereocenters. The minimum absolute atomic E-state index is 0.134. The molecule has 0 saturated carbocycles. The van der Waals surface area contributed by atoms with E-state index in [0.717, 1.165) is 23.9 Å². The zero-order valence-corrected chi connectivity index (χ0v) is 16.6. The quantitative estimate of drug-likeness (QED) is 0.560. The Bertz CT molecular complexity index is 1250. The van der Waals surface area contributed by atoms with Crippen LogP contribution < -0.4 is 0 Å². The summed E-state index contributed by atoms with van der Waals surface area (Å²) in [6, 6.07) is 9.91. The van der Waals surface area contributed by atoms with Gasteiger partial charge in [-0.3, -0.25) is 9.36 Å². The lowest BCUT2D eigenvalue weighted by Crippen LogP contribution is -2.38. The molecular weight excluding hydrogens is 378 g/mol. The first kappa shape index (κ1) is 18.3. The van der Waals surface area contributed by atoms with Gasteiger partial charge in [0.05, 0.1) is 0 Å². The molecule has 30 heavy (non-hydrogen) atoms. The molecule has 1 aliphatic heterocycles. The molecule has 7 nitrogen and oxygen atoms in total. The van der Waals surface area contributed by atoms with Crippen molar-refractivity contribution in [2.75, 3.05) is 13.1 Å². The number of aromatic nitrogens is 3. The molecule has 1 saturated heterocycles. The molecule has 0 spiro atoms. The second-order valence-electron chi connectivity index (χ2n) is 7.63. The van der Waals surface area contributed by atoms with Gasteiger partial charge in [-0.15, -0.1) is 0 Å². The summed E-state index contributed by atoms with van der Waals surface area (Å²) < 4.78 is 7.52. The number of likely N-dealkylation sites (tertiary alicyclic amines) is 1. The van der Waals surface area contributed by atoms with Crippen molar-refractivity contribution in [2.45, 2.75) is 25.7 Å². The maximum absolute atomic E-state index is 13.3. The van der Waals surface area contributed by atoms with Gasteiger partial charge >= 0.3 is 0 Å². The topological polar surface area (TPSA) is 90.9 Å². The minimum Gasteiger partial charge on any atom is -0.443 e. The highest BCUT2D eigenvalue weighted by molar-refractivity contribution is 5.98. The van der Waals surface area contributed by atoms with E-state index in [-0.39, 0.29) is 5.91 Å². The average Bonchev–Trinajstić information content (AvgIpc) is 3.51. The number of fused-ring (bicyclic) bond motifs is 1. The molecule has 5 heterocycles. The number of furan rings is 1. The van der Waals surface area contributed by atoms with Crippen LogP contribution in [0, 0.1) is 18.3 Å². The number of hydrogen-bond donors (Lipinski definition) is 1. The predicted octanol–water partition coefficient (Wildman–Crippen LogP) is 4.15. The van der Waals surface area contributed by atoms with Crippen molar-refractivity contribution in [3.8, 4) is 12.0 Å². The summed E-state index contributed by atoms with van der Waals surface area (Å²) in [6.45, 7) is 3.03. The number of nitrogens with zero attached hydrogens (tertiary/aromatic N) is 4. The number of nitrogens with one attached hydrogen (secondary N) is 1. The van der Waals surface area contributed by atoms with Crippen molar-refractivity contribution in [1.29, 1.82) is 5.26 Å². The van der Waals surface area contributed by atoms with Crippen LogP contribution in [0.4, 0.5) is 0 Å². The predicted molar refractivity (Wildman–Crippen MR) is 111 cm³/mol. The first-order valence-electron chi connectivity index (χ1n) is 10.1. The number of H-pyrrole nitrogens is 1. The smallest absolute Gasteiger partial charge is 0.258 e. The van der Waals surface area contributed by atoms with Gasteiger partial charge in [-0.25, -0.2) is 4.98 Å². The third-order valence-corrected chi connectivity index (χ3v) is 5.94. The molecule has 4 aromatic rings.